The number of carbonyl (C=O) groups excluding carboxylic acids is 1. The van der Waals surface area contributed by atoms with Gasteiger partial charge in [-0.3, -0.25) is 4.79 Å². The summed E-state index contributed by atoms with van der Waals surface area (Å²) in [5.74, 6) is -0.852. The van der Waals surface area contributed by atoms with Crippen LogP contribution in [0, 0.1) is 0 Å². The molecule has 1 atom stereocenters. The van der Waals surface area contributed by atoms with Crippen molar-refractivity contribution in [1.82, 2.24) is 10.6 Å². The van der Waals surface area contributed by atoms with Crippen LogP contribution in [0.5, 0.6) is 0 Å². The normalized spacial score (nSPS) is 11.7. The Hall–Kier alpha value is -1.69. The summed E-state index contributed by atoms with van der Waals surface area (Å²) < 4.78 is 0. The van der Waals surface area contributed by atoms with E-state index in [-0.39, 0.29) is 18.5 Å². The molecule has 0 unspecified atom stereocenters. The number of aliphatic carboxylic acids is 1. The topological polar surface area (TPSA) is 78.4 Å². The van der Waals surface area contributed by atoms with E-state index >= 15 is 0 Å². The predicted molar refractivity (Wildman–Crippen MR) is 80.0 cm³/mol. The van der Waals surface area contributed by atoms with Crippen molar-refractivity contribution in [2.75, 3.05) is 12.8 Å². The molecule has 110 valence electrons. The van der Waals surface area contributed by atoms with Gasteiger partial charge in [0.2, 0.25) is 0 Å². The van der Waals surface area contributed by atoms with Gasteiger partial charge in [0.15, 0.2) is 0 Å². The maximum atomic E-state index is 11.7. The van der Waals surface area contributed by atoms with Crippen LogP contribution in [0.4, 0.5) is 4.79 Å². The summed E-state index contributed by atoms with van der Waals surface area (Å²) in [6.45, 7) is 2.28. The van der Waals surface area contributed by atoms with Crippen molar-refractivity contribution in [3.63, 3.8) is 0 Å². The first-order valence-electron chi connectivity index (χ1n) is 6.43. The number of carboxylic acids is 1. The largest absolute Gasteiger partial charge is 0.481 e. The number of carboxylic acid groups (broad SMARTS) is 1. The van der Waals surface area contributed by atoms with Gasteiger partial charge in [0, 0.05) is 17.9 Å². The minimum Gasteiger partial charge on any atom is -0.481 e. The number of thioether (sulfide) groups is 1. The van der Waals surface area contributed by atoms with Crippen LogP contribution < -0.4 is 10.6 Å². The van der Waals surface area contributed by atoms with Crippen molar-refractivity contribution in [3.8, 4) is 0 Å². The molecule has 0 saturated carbocycles. The number of hydrogen-bond acceptors (Lipinski definition) is 3. The lowest BCUT2D eigenvalue weighted by Gasteiger charge is -2.17. The number of rotatable bonds is 7. The lowest BCUT2D eigenvalue weighted by atomic mass is 10.1. The summed E-state index contributed by atoms with van der Waals surface area (Å²) in [5.41, 5.74) is 1.07. The van der Waals surface area contributed by atoms with Crippen LogP contribution in [0.1, 0.15) is 31.4 Å². The van der Waals surface area contributed by atoms with E-state index in [1.165, 1.54) is 0 Å². The molecular formula is C14H20N2O3S. The molecule has 20 heavy (non-hydrogen) atoms. The third-order valence-electron chi connectivity index (χ3n) is 2.81. The third kappa shape index (κ3) is 5.52. The molecular weight excluding hydrogens is 276 g/mol. The second-order valence-electron chi connectivity index (χ2n) is 4.36. The summed E-state index contributed by atoms with van der Waals surface area (Å²) in [6.07, 6.45) is 2.49. The van der Waals surface area contributed by atoms with Gasteiger partial charge >= 0.3 is 12.0 Å². The quantitative estimate of drug-likeness (QED) is 0.534. The van der Waals surface area contributed by atoms with Crippen LogP contribution in [-0.4, -0.2) is 29.9 Å². The highest BCUT2D eigenvalue weighted by atomic mass is 32.2. The zero-order valence-corrected chi connectivity index (χ0v) is 12.5. The average molecular weight is 296 g/mol. The zero-order valence-electron chi connectivity index (χ0n) is 11.7. The van der Waals surface area contributed by atoms with Crippen LogP contribution in [-0.2, 0) is 4.79 Å². The predicted octanol–water partition coefficient (Wildman–Crippen LogP) is 2.63. The first kappa shape index (κ1) is 16.4. The van der Waals surface area contributed by atoms with E-state index in [0.717, 1.165) is 10.5 Å². The summed E-state index contributed by atoms with van der Waals surface area (Å²) in [4.78, 5) is 23.2. The average Bonchev–Trinajstić information content (AvgIpc) is 2.43. The van der Waals surface area contributed by atoms with E-state index in [9.17, 15) is 9.59 Å². The van der Waals surface area contributed by atoms with E-state index in [0.29, 0.717) is 13.0 Å². The molecule has 0 bridgehead atoms. The lowest BCUT2D eigenvalue weighted by Crippen LogP contribution is -2.37. The molecule has 3 N–H and O–H groups in total. The Morgan fingerprint density at radius 2 is 2.05 bits per heavy atom. The fourth-order valence-corrected chi connectivity index (χ4v) is 2.49. The smallest absolute Gasteiger partial charge is 0.315 e. The molecule has 0 saturated heterocycles. The Morgan fingerprint density at radius 3 is 2.70 bits per heavy atom. The highest BCUT2D eigenvalue weighted by Gasteiger charge is 2.12. The van der Waals surface area contributed by atoms with Crippen molar-refractivity contribution in [1.29, 1.82) is 0 Å². The van der Waals surface area contributed by atoms with Gasteiger partial charge in [0.05, 0.1) is 6.04 Å². The maximum Gasteiger partial charge on any atom is 0.315 e. The highest BCUT2D eigenvalue weighted by Crippen LogP contribution is 2.25. The Bertz CT molecular complexity index is 465. The molecule has 0 radical (unpaired) electrons. The molecule has 0 spiro atoms. The molecule has 5 nitrogen and oxygen atoms in total. The number of hydrogen-bond donors (Lipinski definition) is 3. The standard InChI is InChI=1S/C14H20N2O3S/c1-10(11-6-3-4-7-12(11)20-2)16-14(19)15-9-5-8-13(17)18/h3-4,6-7,10H,5,8-9H2,1-2H3,(H,17,18)(H2,15,16,19)/t10-/m0/s1. The molecule has 0 aromatic heterocycles. The molecule has 0 aliphatic carbocycles. The Morgan fingerprint density at radius 1 is 1.35 bits per heavy atom. The monoisotopic (exact) mass is 296 g/mol. The highest BCUT2D eigenvalue weighted by molar-refractivity contribution is 7.98. The van der Waals surface area contributed by atoms with E-state index in [1.807, 2.05) is 37.4 Å². The van der Waals surface area contributed by atoms with Gasteiger partial charge < -0.3 is 15.7 Å². The zero-order chi connectivity index (χ0) is 15.0. The number of nitrogens with one attached hydrogen (secondary N) is 2. The van der Waals surface area contributed by atoms with Crippen LogP contribution >= 0.6 is 11.8 Å². The van der Waals surface area contributed by atoms with E-state index in [1.54, 1.807) is 11.8 Å². The van der Waals surface area contributed by atoms with E-state index < -0.39 is 5.97 Å². The van der Waals surface area contributed by atoms with Gasteiger partial charge in [-0.05, 0) is 31.2 Å². The minimum absolute atomic E-state index is 0.0607. The van der Waals surface area contributed by atoms with E-state index in [2.05, 4.69) is 10.6 Å². The van der Waals surface area contributed by atoms with Crippen LogP contribution in [0.3, 0.4) is 0 Å². The number of urea groups is 1. The van der Waals surface area contributed by atoms with Gasteiger partial charge in [-0.15, -0.1) is 11.8 Å². The molecule has 6 heteroatoms. The summed E-state index contributed by atoms with van der Waals surface area (Å²) in [5, 5.41) is 14.0. The second-order valence-corrected chi connectivity index (χ2v) is 5.21. The van der Waals surface area contributed by atoms with Gasteiger partial charge in [0.25, 0.3) is 0 Å². The Balaban J connectivity index is 2.43. The third-order valence-corrected chi connectivity index (χ3v) is 3.62. The van der Waals surface area contributed by atoms with Crippen LogP contribution in [0.2, 0.25) is 0 Å². The molecule has 2 amide bonds. The molecule has 0 heterocycles. The summed E-state index contributed by atoms with van der Waals surface area (Å²) >= 11 is 1.64. The Kier molecular flexibility index (Phi) is 6.93. The van der Waals surface area contributed by atoms with Crippen molar-refractivity contribution >= 4 is 23.8 Å². The number of benzene rings is 1. The van der Waals surface area contributed by atoms with Gasteiger partial charge in [-0.1, -0.05) is 18.2 Å². The molecule has 1 aromatic carbocycles. The van der Waals surface area contributed by atoms with Crippen molar-refractivity contribution in [2.24, 2.45) is 0 Å². The summed E-state index contributed by atoms with van der Waals surface area (Å²) in [7, 11) is 0. The van der Waals surface area contributed by atoms with Crippen molar-refractivity contribution in [3.05, 3.63) is 29.8 Å². The fourth-order valence-electron chi connectivity index (χ4n) is 1.79. The number of carbonyl (C=O) groups is 2. The van der Waals surface area contributed by atoms with Crippen molar-refractivity contribution in [2.45, 2.75) is 30.7 Å². The Labute approximate surface area is 123 Å². The number of amides is 2. The van der Waals surface area contributed by atoms with Gasteiger partial charge in [-0.2, -0.15) is 0 Å². The molecule has 0 aliphatic heterocycles. The molecule has 0 aliphatic rings. The fraction of sp³-hybridized carbons (Fsp3) is 0.429. The van der Waals surface area contributed by atoms with Crippen molar-refractivity contribution < 1.29 is 14.7 Å². The van der Waals surface area contributed by atoms with Crippen LogP contribution in [0.25, 0.3) is 0 Å². The van der Waals surface area contributed by atoms with Gasteiger partial charge in [-0.25, -0.2) is 4.79 Å². The minimum atomic E-state index is -0.852. The SMILES string of the molecule is CSc1ccccc1[C@H](C)NC(=O)NCCCC(=O)O. The van der Waals surface area contributed by atoms with E-state index in [4.69, 9.17) is 5.11 Å². The molecule has 1 rings (SSSR count). The second kappa shape index (κ2) is 8.47. The van der Waals surface area contributed by atoms with Crippen LogP contribution in [0.15, 0.2) is 29.2 Å². The molecule has 0 fully saturated rings. The first-order valence-corrected chi connectivity index (χ1v) is 7.66. The van der Waals surface area contributed by atoms with Gasteiger partial charge in [0.1, 0.15) is 0 Å². The molecule has 1 aromatic rings. The summed E-state index contributed by atoms with van der Waals surface area (Å²) in [6, 6.07) is 7.54. The first-order chi connectivity index (χ1) is 9.54. The maximum absolute atomic E-state index is 11.7. The lowest BCUT2D eigenvalue weighted by molar-refractivity contribution is -0.137.